The molecule has 1 heterocycles. The van der Waals surface area contributed by atoms with E-state index in [4.69, 9.17) is 4.42 Å². The van der Waals surface area contributed by atoms with Crippen LogP contribution < -0.4 is 10.2 Å². The lowest BCUT2D eigenvalue weighted by molar-refractivity contribution is -0.123. The van der Waals surface area contributed by atoms with Crippen LogP contribution >= 0.6 is 0 Å². The van der Waals surface area contributed by atoms with Gasteiger partial charge < -0.3 is 14.6 Å². The van der Waals surface area contributed by atoms with Crippen LogP contribution in [-0.2, 0) is 4.79 Å². The number of carbonyl (C=O) groups is 1. The zero-order valence-electron chi connectivity index (χ0n) is 14.4. The molecule has 2 atom stereocenters. The molecule has 0 bridgehead atoms. The second-order valence-electron chi connectivity index (χ2n) is 6.01. The number of benzene rings is 2. The van der Waals surface area contributed by atoms with Gasteiger partial charge in [-0.1, -0.05) is 48.5 Å². The van der Waals surface area contributed by atoms with E-state index < -0.39 is 6.04 Å². The molecule has 0 saturated heterocycles. The molecule has 1 N–H and O–H groups in total. The molecule has 0 saturated carbocycles. The number of nitrogens with one attached hydrogen (secondary N) is 1. The third kappa shape index (κ3) is 3.91. The highest BCUT2D eigenvalue weighted by atomic mass is 16.3. The first-order chi connectivity index (χ1) is 12.2. The lowest BCUT2D eigenvalue weighted by Crippen LogP contribution is -2.39. The third-order valence-electron chi connectivity index (χ3n) is 4.27. The van der Waals surface area contributed by atoms with Crippen molar-refractivity contribution < 1.29 is 9.21 Å². The SMILES string of the molecule is CC(NC(=O)C(c1ccco1)N(C)c1ccccc1)c1ccccc1. The summed E-state index contributed by atoms with van der Waals surface area (Å²) in [7, 11) is 1.90. The van der Waals surface area contributed by atoms with Gasteiger partial charge in [-0.15, -0.1) is 0 Å². The number of anilines is 1. The van der Waals surface area contributed by atoms with Crippen LogP contribution in [0.2, 0.25) is 0 Å². The first kappa shape index (κ1) is 16.8. The van der Waals surface area contributed by atoms with Crippen molar-refractivity contribution in [3.63, 3.8) is 0 Å². The number of nitrogens with zero attached hydrogens (tertiary/aromatic N) is 1. The quantitative estimate of drug-likeness (QED) is 0.729. The van der Waals surface area contributed by atoms with Gasteiger partial charge in [-0.25, -0.2) is 0 Å². The minimum Gasteiger partial charge on any atom is -0.467 e. The fourth-order valence-electron chi connectivity index (χ4n) is 2.87. The van der Waals surface area contributed by atoms with Crippen LogP contribution in [-0.4, -0.2) is 13.0 Å². The largest absolute Gasteiger partial charge is 0.467 e. The Hall–Kier alpha value is -3.01. The summed E-state index contributed by atoms with van der Waals surface area (Å²) < 4.78 is 5.54. The van der Waals surface area contributed by atoms with E-state index in [1.165, 1.54) is 0 Å². The van der Waals surface area contributed by atoms with E-state index in [0.717, 1.165) is 11.3 Å². The molecule has 0 aliphatic heterocycles. The number of furan rings is 1. The molecule has 2 aromatic carbocycles. The van der Waals surface area contributed by atoms with E-state index in [0.29, 0.717) is 5.76 Å². The first-order valence-electron chi connectivity index (χ1n) is 8.33. The maximum atomic E-state index is 13.0. The van der Waals surface area contributed by atoms with Crippen molar-refractivity contribution >= 4 is 11.6 Å². The number of hydrogen-bond acceptors (Lipinski definition) is 3. The topological polar surface area (TPSA) is 45.5 Å². The summed E-state index contributed by atoms with van der Waals surface area (Å²) >= 11 is 0. The van der Waals surface area contributed by atoms with E-state index in [9.17, 15) is 4.79 Å². The van der Waals surface area contributed by atoms with Gasteiger partial charge in [0.25, 0.3) is 5.91 Å². The Morgan fingerprint density at radius 3 is 2.20 bits per heavy atom. The lowest BCUT2D eigenvalue weighted by Gasteiger charge is -2.29. The molecule has 0 spiro atoms. The van der Waals surface area contributed by atoms with Crippen LogP contribution in [0.5, 0.6) is 0 Å². The number of carbonyl (C=O) groups excluding carboxylic acids is 1. The van der Waals surface area contributed by atoms with Crippen molar-refractivity contribution in [3.05, 3.63) is 90.4 Å². The Balaban J connectivity index is 1.83. The number of rotatable bonds is 6. The zero-order chi connectivity index (χ0) is 17.6. The van der Waals surface area contributed by atoms with Crippen molar-refractivity contribution in [2.24, 2.45) is 0 Å². The van der Waals surface area contributed by atoms with Crippen LogP contribution in [0.25, 0.3) is 0 Å². The van der Waals surface area contributed by atoms with E-state index >= 15 is 0 Å². The molecule has 0 aliphatic rings. The smallest absolute Gasteiger partial charge is 0.251 e. The number of hydrogen-bond donors (Lipinski definition) is 1. The Morgan fingerprint density at radius 2 is 1.60 bits per heavy atom. The fraction of sp³-hybridized carbons (Fsp3) is 0.190. The monoisotopic (exact) mass is 334 g/mol. The van der Waals surface area contributed by atoms with Gasteiger partial charge in [0, 0.05) is 12.7 Å². The van der Waals surface area contributed by atoms with E-state index in [1.807, 2.05) is 85.6 Å². The standard InChI is InChI=1S/C21H22N2O2/c1-16(17-10-5-3-6-11-17)22-21(24)20(19-14-9-15-25-19)23(2)18-12-7-4-8-13-18/h3-16,20H,1-2H3,(H,22,24). The number of para-hydroxylation sites is 1. The Bertz CT molecular complexity index is 785. The van der Waals surface area contributed by atoms with Crippen molar-refractivity contribution in [1.29, 1.82) is 0 Å². The van der Waals surface area contributed by atoms with Gasteiger partial charge in [0.05, 0.1) is 12.3 Å². The van der Waals surface area contributed by atoms with Crippen LogP contribution in [0.3, 0.4) is 0 Å². The molecule has 1 amide bonds. The molecule has 3 aromatic rings. The highest BCUT2D eigenvalue weighted by molar-refractivity contribution is 5.86. The summed E-state index contributed by atoms with van der Waals surface area (Å²) in [5, 5.41) is 3.09. The van der Waals surface area contributed by atoms with Gasteiger partial charge in [0.1, 0.15) is 5.76 Å². The molecule has 0 radical (unpaired) electrons. The maximum absolute atomic E-state index is 13.0. The summed E-state index contributed by atoms with van der Waals surface area (Å²) in [6, 6.07) is 22.7. The van der Waals surface area contributed by atoms with E-state index in [2.05, 4.69) is 5.32 Å². The Morgan fingerprint density at radius 1 is 0.960 bits per heavy atom. The molecule has 4 nitrogen and oxygen atoms in total. The molecular weight excluding hydrogens is 312 g/mol. The molecule has 2 unspecified atom stereocenters. The molecule has 0 fully saturated rings. The number of likely N-dealkylation sites (N-methyl/N-ethyl adjacent to an activating group) is 1. The van der Waals surface area contributed by atoms with Crippen molar-refractivity contribution in [1.82, 2.24) is 5.32 Å². The summed E-state index contributed by atoms with van der Waals surface area (Å²) in [6.07, 6.45) is 1.59. The van der Waals surface area contributed by atoms with Gasteiger partial charge in [-0.05, 0) is 36.8 Å². The average molecular weight is 334 g/mol. The van der Waals surface area contributed by atoms with Crippen molar-refractivity contribution in [2.75, 3.05) is 11.9 Å². The zero-order valence-corrected chi connectivity index (χ0v) is 14.4. The summed E-state index contributed by atoms with van der Waals surface area (Å²) in [4.78, 5) is 14.9. The van der Waals surface area contributed by atoms with Gasteiger partial charge in [-0.2, -0.15) is 0 Å². The first-order valence-corrected chi connectivity index (χ1v) is 8.33. The second kappa shape index (κ2) is 7.71. The Kier molecular flexibility index (Phi) is 5.19. The van der Waals surface area contributed by atoms with Crippen molar-refractivity contribution in [3.8, 4) is 0 Å². The van der Waals surface area contributed by atoms with E-state index in [-0.39, 0.29) is 11.9 Å². The highest BCUT2D eigenvalue weighted by Crippen LogP contribution is 2.27. The third-order valence-corrected chi connectivity index (χ3v) is 4.27. The molecule has 128 valence electrons. The van der Waals surface area contributed by atoms with Crippen molar-refractivity contribution in [2.45, 2.75) is 19.0 Å². The van der Waals surface area contributed by atoms with Crippen LogP contribution in [0.4, 0.5) is 5.69 Å². The minimum atomic E-state index is -0.538. The van der Waals surface area contributed by atoms with Crippen LogP contribution in [0, 0.1) is 0 Å². The molecule has 0 aliphatic carbocycles. The maximum Gasteiger partial charge on any atom is 0.251 e. The summed E-state index contributed by atoms with van der Waals surface area (Å²) in [5.41, 5.74) is 2.02. The van der Waals surface area contributed by atoms with Gasteiger partial charge in [0.2, 0.25) is 0 Å². The Labute approximate surface area is 148 Å². The van der Waals surface area contributed by atoms with Gasteiger partial charge in [0.15, 0.2) is 6.04 Å². The summed E-state index contributed by atoms with van der Waals surface area (Å²) in [5.74, 6) is 0.516. The molecule has 25 heavy (non-hydrogen) atoms. The second-order valence-corrected chi connectivity index (χ2v) is 6.01. The predicted octanol–water partition coefficient (Wildman–Crippen LogP) is 4.33. The summed E-state index contributed by atoms with van der Waals surface area (Å²) in [6.45, 7) is 1.98. The minimum absolute atomic E-state index is 0.0877. The van der Waals surface area contributed by atoms with Gasteiger partial charge in [-0.3, -0.25) is 4.79 Å². The molecule has 4 heteroatoms. The number of amides is 1. The molecule has 3 rings (SSSR count). The van der Waals surface area contributed by atoms with Gasteiger partial charge >= 0.3 is 0 Å². The average Bonchev–Trinajstić information content (AvgIpc) is 3.17. The predicted molar refractivity (Wildman–Crippen MR) is 99.3 cm³/mol. The fourth-order valence-corrected chi connectivity index (χ4v) is 2.87. The lowest BCUT2D eigenvalue weighted by atomic mass is 10.1. The highest BCUT2D eigenvalue weighted by Gasteiger charge is 2.29. The van der Waals surface area contributed by atoms with E-state index in [1.54, 1.807) is 12.3 Å². The van der Waals surface area contributed by atoms with Crippen LogP contribution in [0.15, 0.2) is 83.5 Å². The normalized spacial score (nSPS) is 13.0. The molecule has 1 aromatic heterocycles. The molecular formula is C21H22N2O2. The van der Waals surface area contributed by atoms with Crippen LogP contribution in [0.1, 0.15) is 30.3 Å².